The number of carbonyl (C=O) groups excluding carboxylic acids is 1. The van der Waals surface area contributed by atoms with Gasteiger partial charge in [0.05, 0.1) is 0 Å². The molecule has 0 aromatic heterocycles. The normalized spacial score (nSPS) is 11.8. The Morgan fingerprint density at radius 1 is 1.37 bits per heavy atom. The van der Waals surface area contributed by atoms with Crippen molar-refractivity contribution in [2.45, 2.75) is 38.8 Å². The summed E-state index contributed by atoms with van der Waals surface area (Å²) in [6, 6.07) is 6.88. The van der Waals surface area contributed by atoms with Gasteiger partial charge in [-0.2, -0.15) is 0 Å². The van der Waals surface area contributed by atoms with Crippen LogP contribution < -0.4 is 5.73 Å². The smallest absolute Gasteiger partial charge is 0.323 e. The Balaban J connectivity index is 0. The van der Waals surface area contributed by atoms with Crippen molar-refractivity contribution < 1.29 is 15.0 Å². The molecular formula is C13H21Cl2NO3. The van der Waals surface area contributed by atoms with E-state index in [1.54, 1.807) is 6.92 Å². The van der Waals surface area contributed by atoms with Crippen molar-refractivity contribution in [3.63, 3.8) is 0 Å². The monoisotopic (exact) mass is 309 g/mol. The van der Waals surface area contributed by atoms with Gasteiger partial charge in [0.25, 0.3) is 0 Å². The molecule has 1 atom stereocenters. The zero-order valence-corrected chi connectivity index (χ0v) is 12.8. The minimum atomic E-state index is -0.598. The summed E-state index contributed by atoms with van der Waals surface area (Å²) >= 11 is 5.81. The maximum atomic E-state index is 11.4. The molecule has 1 aromatic carbocycles. The van der Waals surface area contributed by atoms with Gasteiger partial charge in [-0.25, -0.2) is 0 Å². The Bertz CT molecular complexity index is 391. The average molecular weight is 310 g/mol. The molecule has 110 valence electrons. The number of esters is 1. The number of hydrogen-bond acceptors (Lipinski definition) is 3. The van der Waals surface area contributed by atoms with E-state index in [1.807, 2.05) is 38.1 Å². The average Bonchev–Trinajstić information content (AvgIpc) is 2.20. The Kier molecular flexibility index (Phi) is 9.04. The molecule has 0 spiro atoms. The lowest BCUT2D eigenvalue weighted by Crippen LogP contribution is -2.38. The molecular weight excluding hydrogens is 289 g/mol. The zero-order valence-electron chi connectivity index (χ0n) is 11.3. The summed E-state index contributed by atoms with van der Waals surface area (Å²) in [5.74, 6) is -0.385. The van der Waals surface area contributed by atoms with E-state index in [0.717, 1.165) is 5.56 Å². The lowest BCUT2D eigenvalue weighted by Gasteiger charge is -2.26. The first kappa shape index (κ1) is 20.5. The van der Waals surface area contributed by atoms with E-state index < -0.39 is 11.6 Å². The van der Waals surface area contributed by atoms with Crippen molar-refractivity contribution in [3.05, 3.63) is 34.9 Å². The fourth-order valence-electron chi connectivity index (χ4n) is 1.50. The third kappa shape index (κ3) is 7.38. The Morgan fingerprint density at radius 2 is 1.84 bits per heavy atom. The van der Waals surface area contributed by atoms with Gasteiger partial charge >= 0.3 is 5.97 Å². The molecule has 4 nitrogen and oxygen atoms in total. The summed E-state index contributed by atoms with van der Waals surface area (Å²) < 4.78 is 5.34. The number of hydrogen-bond donors (Lipinski definition) is 1. The van der Waals surface area contributed by atoms with Crippen molar-refractivity contribution in [2.24, 2.45) is 5.73 Å². The molecule has 0 fully saturated rings. The predicted octanol–water partition coefficient (Wildman–Crippen LogP) is 2.15. The number of carbonyl (C=O) groups is 1. The summed E-state index contributed by atoms with van der Waals surface area (Å²) in [7, 11) is 0. The van der Waals surface area contributed by atoms with Crippen LogP contribution >= 0.6 is 24.0 Å². The molecule has 0 aliphatic carbocycles. The zero-order chi connectivity index (χ0) is 13.1. The molecule has 0 saturated carbocycles. The fourth-order valence-corrected chi connectivity index (χ4v) is 1.62. The molecule has 6 heteroatoms. The van der Waals surface area contributed by atoms with E-state index in [2.05, 4.69) is 0 Å². The molecule has 0 radical (unpaired) electrons. The van der Waals surface area contributed by atoms with Gasteiger partial charge in [-0.1, -0.05) is 23.7 Å². The van der Waals surface area contributed by atoms with Gasteiger partial charge < -0.3 is 15.9 Å². The van der Waals surface area contributed by atoms with Crippen LogP contribution in [0.15, 0.2) is 24.3 Å². The van der Waals surface area contributed by atoms with Crippen molar-refractivity contribution in [1.82, 2.24) is 0 Å². The molecule has 0 aliphatic rings. The van der Waals surface area contributed by atoms with Gasteiger partial charge in [0.15, 0.2) is 0 Å². The summed E-state index contributed by atoms with van der Waals surface area (Å²) in [6.45, 7) is 5.34. The second kappa shape index (κ2) is 8.38. The molecule has 4 N–H and O–H groups in total. The van der Waals surface area contributed by atoms with Crippen LogP contribution in [0.2, 0.25) is 5.02 Å². The summed E-state index contributed by atoms with van der Waals surface area (Å²) in [5.41, 5.74) is 5.96. The fraction of sp³-hybridized carbons (Fsp3) is 0.462. The molecule has 0 aliphatic heterocycles. The van der Waals surface area contributed by atoms with Gasteiger partial charge in [-0.3, -0.25) is 4.79 Å². The van der Waals surface area contributed by atoms with Gasteiger partial charge in [-0.15, -0.1) is 12.4 Å². The maximum absolute atomic E-state index is 11.4. The molecule has 1 rings (SSSR count). The van der Waals surface area contributed by atoms with E-state index >= 15 is 0 Å². The third-order valence-electron chi connectivity index (χ3n) is 2.29. The number of rotatable bonds is 4. The van der Waals surface area contributed by atoms with E-state index in [4.69, 9.17) is 22.1 Å². The van der Waals surface area contributed by atoms with Crippen LogP contribution in [0.25, 0.3) is 0 Å². The minimum absolute atomic E-state index is 0. The SMILES string of the molecule is CC(N)C(=O)OC(C)(C)Cc1ccc(Cl)cc1.Cl.O. The van der Waals surface area contributed by atoms with Gasteiger partial charge in [0, 0.05) is 11.4 Å². The molecule has 19 heavy (non-hydrogen) atoms. The standard InChI is InChI=1S/C13H18ClNO2.ClH.H2O/c1-9(15)12(16)17-13(2,3)8-10-4-6-11(14)7-5-10;;/h4-7,9H,8,15H2,1-3H3;1H;1H2. The van der Waals surface area contributed by atoms with Crippen LogP contribution in [0.5, 0.6) is 0 Å². The van der Waals surface area contributed by atoms with Gasteiger partial charge in [0.1, 0.15) is 11.6 Å². The molecule has 1 unspecified atom stereocenters. The molecule has 0 saturated heterocycles. The molecule has 0 heterocycles. The molecule has 0 amide bonds. The van der Waals surface area contributed by atoms with E-state index in [0.29, 0.717) is 11.4 Å². The first-order chi connectivity index (χ1) is 7.80. The summed E-state index contributed by atoms with van der Waals surface area (Å²) in [6.07, 6.45) is 0.628. The highest BCUT2D eigenvalue weighted by Crippen LogP contribution is 2.19. The van der Waals surface area contributed by atoms with Crippen LogP contribution in [0, 0.1) is 0 Å². The Hall–Kier alpha value is -0.810. The third-order valence-corrected chi connectivity index (χ3v) is 2.54. The first-order valence-electron chi connectivity index (χ1n) is 5.53. The Labute approximate surface area is 125 Å². The minimum Gasteiger partial charge on any atom is -0.458 e. The van der Waals surface area contributed by atoms with Crippen molar-refractivity contribution in [3.8, 4) is 0 Å². The van der Waals surface area contributed by atoms with E-state index in [-0.39, 0.29) is 23.9 Å². The number of benzene rings is 1. The lowest BCUT2D eigenvalue weighted by atomic mass is 9.98. The largest absolute Gasteiger partial charge is 0.458 e. The van der Waals surface area contributed by atoms with Crippen LogP contribution in [0.1, 0.15) is 26.3 Å². The van der Waals surface area contributed by atoms with E-state index in [1.165, 1.54) is 0 Å². The van der Waals surface area contributed by atoms with Crippen LogP contribution in [0.4, 0.5) is 0 Å². The molecule has 1 aromatic rings. The van der Waals surface area contributed by atoms with Crippen molar-refractivity contribution in [2.75, 3.05) is 0 Å². The summed E-state index contributed by atoms with van der Waals surface area (Å²) in [5, 5.41) is 0.694. The Morgan fingerprint density at radius 3 is 2.26 bits per heavy atom. The highest BCUT2D eigenvalue weighted by Gasteiger charge is 2.24. The van der Waals surface area contributed by atoms with Crippen molar-refractivity contribution >= 4 is 30.0 Å². The van der Waals surface area contributed by atoms with Crippen LogP contribution in [-0.2, 0) is 16.0 Å². The molecule has 0 bridgehead atoms. The lowest BCUT2D eigenvalue weighted by molar-refractivity contribution is -0.157. The van der Waals surface area contributed by atoms with E-state index in [9.17, 15) is 4.79 Å². The number of ether oxygens (including phenoxy) is 1. The highest BCUT2D eigenvalue weighted by atomic mass is 35.5. The maximum Gasteiger partial charge on any atom is 0.323 e. The second-order valence-corrected chi connectivity index (χ2v) is 5.21. The van der Waals surface area contributed by atoms with Crippen LogP contribution in [0.3, 0.4) is 0 Å². The predicted molar refractivity (Wildman–Crippen MR) is 79.8 cm³/mol. The summed E-state index contributed by atoms with van der Waals surface area (Å²) in [4.78, 5) is 11.4. The number of nitrogens with two attached hydrogens (primary N) is 1. The van der Waals surface area contributed by atoms with Gasteiger partial charge in [0.2, 0.25) is 0 Å². The first-order valence-corrected chi connectivity index (χ1v) is 5.91. The topological polar surface area (TPSA) is 83.8 Å². The van der Waals surface area contributed by atoms with Crippen LogP contribution in [-0.4, -0.2) is 23.1 Å². The second-order valence-electron chi connectivity index (χ2n) is 4.77. The highest BCUT2D eigenvalue weighted by molar-refractivity contribution is 6.30. The number of halogens is 2. The van der Waals surface area contributed by atoms with Gasteiger partial charge in [-0.05, 0) is 38.5 Å². The van der Waals surface area contributed by atoms with Crippen molar-refractivity contribution in [1.29, 1.82) is 0 Å². The quantitative estimate of drug-likeness (QED) is 0.865.